The molecule has 1 aromatic heterocycles. The van der Waals surface area contributed by atoms with Crippen molar-refractivity contribution in [2.24, 2.45) is 7.05 Å². The lowest BCUT2D eigenvalue weighted by Gasteiger charge is -2.28. The predicted molar refractivity (Wildman–Crippen MR) is 140 cm³/mol. The molecule has 1 aliphatic rings. The van der Waals surface area contributed by atoms with Crippen LogP contribution < -0.4 is 4.90 Å². The van der Waals surface area contributed by atoms with E-state index in [2.05, 4.69) is 39.5 Å². The maximum Gasteiger partial charge on any atom is 0.407 e. The van der Waals surface area contributed by atoms with Gasteiger partial charge in [0.25, 0.3) is 0 Å². The monoisotopic (exact) mass is 514 g/mol. The van der Waals surface area contributed by atoms with E-state index < -0.39 is 11.9 Å². The number of anilines is 1. The second-order valence-corrected chi connectivity index (χ2v) is 9.76. The maximum absolute atomic E-state index is 12.6. The molecule has 1 fully saturated rings. The summed E-state index contributed by atoms with van der Waals surface area (Å²) in [6, 6.07) is 25.0. The summed E-state index contributed by atoms with van der Waals surface area (Å²) in [5.41, 5.74) is 3.87. The number of rotatable bonds is 6. The Morgan fingerprint density at radius 3 is 2.08 bits per heavy atom. The first-order chi connectivity index (χ1) is 18.1. The highest BCUT2D eigenvalue weighted by Crippen LogP contribution is 2.31. The number of carbonyl (C=O) groups excluding carboxylic acids is 2. The number of carbonyl (C=O) groups is 2. The van der Waals surface area contributed by atoms with Crippen molar-refractivity contribution in [3.05, 3.63) is 90.1 Å². The van der Waals surface area contributed by atoms with Gasteiger partial charge in [0.1, 0.15) is 0 Å². The molecule has 0 radical (unpaired) electrons. The van der Waals surface area contributed by atoms with Crippen molar-refractivity contribution in [1.82, 2.24) is 15.0 Å². The standard InChI is InChI=1S/C28H26N4O4S/c1-31-25(28(34)36-35-27(33)22-8-4-2-5-9-22)26(29-30-31)37-24-16-12-21(13-17-24)20-10-14-23(15-11-20)32-18-6-3-7-19-32/h2,4-5,8-17H,3,6-7,18-19H2,1H3. The molecule has 0 N–H and O–H groups in total. The van der Waals surface area contributed by atoms with Crippen molar-refractivity contribution in [2.45, 2.75) is 29.2 Å². The summed E-state index contributed by atoms with van der Waals surface area (Å²) in [6.45, 7) is 2.25. The van der Waals surface area contributed by atoms with Crippen molar-refractivity contribution in [2.75, 3.05) is 18.0 Å². The third kappa shape index (κ3) is 5.83. The van der Waals surface area contributed by atoms with E-state index in [-0.39, 0.29) is 11.3 Å². The van der Waals surface area contributed by atoms with Gasteiger partial charge in [-0.05, 0) is 66.8 Å². The molecule has 0 saturated carbocycles. The highest BCUT2D eigenvalue weighted by molar-refractivity contribution is 7.99. The number of nitrogens with zero attached hydrogens (tertiary/aromatic N) is 4. The molecule has 188 valence electrons. The molecule has 0 bridgehead atoms. The van der Waals surface area contributed by atoms with Crippen molar-refractivity contribution >= 4 is 29.4 Å². The third-order valence-electron chi connectivity index (χ3n) is 6.18. The average Bonchev–Trinajstić information content (AvgIpc) is 3.32. The van der Waals surface area contributed by atoms with Crippen LogP contribution in [0.4, 0.5) is 5.69 Å². The predicted octanol–water partition coefficient (Wildman–Crippen LogP) is 5.55. The lowest BCUT2D eigenvalue weighted by molar-refractivity contribution is -0.188. The van der Waals surface area contributed by atoms with Gasteiger partial charge in [-0.2, -0.15) is 0 Å². The first-order valence-electron chi connectivity index (χ1n) is 12.1. The van der Waals surface area contributed by atoms with Gasteiger partial charge in [-0.25, -0.2) is 24.0 Å². The van der Waals surface area contributed by atoms with Gasteiger partial charge in [-0.15, -0.1) is 5.10 Å². The lowest BCUT2D eigenvalue weighted by atomic mass is 10.0. The number of aromatic nitrogens is 3. The van der Waals surface area contributed by atoms with Crippen LogP contribution >= 0.6 is 11.8 Å². The summed E-state index contributed by atoms with van der Waals surface area (Å²) in [6.07, 6.45) is 3.83. The molecule has 4 aromatic rings. The minimum absolute atomic E-state index is 0.0863. The molecule has 0 spiro atoms. The molecular weight excluding hydrogens is 488 g/mol. The van der Waals surface area contributed by atoms with Crippen LogP contribution in [0.25, 0.3) is 11.1 Å². The van der Waals surface area contributed by atoms with Crippen LogP contribution in [0.2, 0.25) is 0 Å². The zero-order valence-corrected chi connectivity index (χ0v) is 21.2. The van der Waals surface area contributed by atoms with Crippen LogP contribution in [0.1, 0.15) is 40.1 Å². The molecule has 0 amide bonds. The normalized spacial score (nSPS) is 13.3. The van der Waals surface area contributed by atoms with Gasteiger partial charge in [0.2, 0.25) is 0 Å². The molecule has 2 heterocycles. The van der Waals surface area contributed by atoms with Gasteiger partial charge in [0, 0.05) is 30.7 Å². The molecule has 3 aromatic carbocycles. The maximum atomic E-state index is 12.6. The van der Waals surface area contributed by atoms with Crippen LogP contribution in [-0.2, 0) is 16.8 Å². The van der Waals surface area contributed by atoms with Crippen molar-refractivity contribution < 1.29 is 19.4 Å². The zero-order valence-electron chi connectivity index (χ0n) is 20.4. The highest BCUT2D eigenvalue weighted by atomic mass is 32.2. The second kappa shape index (κ2) is 11.3. The van der Waals surface area contributed by atoms with Crippen molar-refractivity contribution in [1.29, 1.82) is 0 Å². The Morgan fingerprint density at radius 2 is 1.41 bits per heavy atom. The summed E-state index contributed by atoms with van der Waals surface area (Å²) in [5, 5.41) is 8.36. The molecule has 9 heteroatoms. The van der Waals surface area contributed by atoms with Gasteiger partial charge < -0.3 is 4.90 Å². The van der Waals surface area contributed by atoms with E-state index in [0.29, 0.717) is 5.03 Å². The topological polar surface area (TPSA) is 86.6 Å². The summed E-state index contributed by atoms with van der Waals surface area (Å²) in [7, 11) is 1.57. The fraction of sp³-hybridized carbons (Fsp3) is 0.214. The molecule has 0 unspecified atom stereocenters. The van der Waals surface area contributed by atoms with E-state index in [1.54, 1.807) is 37.4 Å². The van der Waals surface area contributed by atoms with Crippen molar-refractivity contribution in [3.8, 4) is 11.1 Å². The molecule has 0 aliphatic carbocycles. The van der Waals surface area contributed by atoms with Gasteiger partial charge in [-0.3, -0.25) is 0 Å². The SMILES string of the molecule is Cn1nnc(Sc2ccc(-c3ccc(N4CCCCC4)cc3)cc2)c1C(=O)OOC(=O)c1ccccc1. The number of aryl methyl sites for hydroxylation is 1. The Bertz CT molecular complexity index is 1370. The third-order valence-corrected chi connectivity index (χ3v) is 7.16. The summed E-state index contributed by atoms with van der Waals surface area (Å²) >= 11 is 1.28. The summed E-state index contributed by atoms with van der Waals surface area (Å²) in [5.74, 6) is -1.62. The average molecular weight is 515 g/mol. The fourth-order valence-electron chi connectivity index (χ4n) is 4.21. The van der Waals surface area contributed by atoms with Gasteiger partial charge >= 0.3 is 11.9 Å². The van der Waals surface area contributed by atoms with E-state index in [1.165, 1.54) is 41.4 Å². The Hall–Kier alpha value is -4.11. The van der Waals surface area contributed by atoms with E-state index >= 15 is 0 Å². The molecule has 8 nitrogen and oxygen atoms in total. The first kappa shape index (κ1) is 24.6. The summed E-state index contributed by atoms with van der Waals surface area (Å²) in [4.78, 5) is 37.5. The van der Waals surface area contributed by atoms with E-state index in [9.17, 15) is 9.59 Å². The van der Waals surface area contributed by atoms with Gasteiger partial charge in [-0.1, -0.05) is 59.4 Å². The van der Waals surface area contributed by atoms with Crippen LogP contribution in [0.15, 0.2) is 88.8 Å². The van der Waals surface area contributed by atoms with Crippen LogP contribution in [-0.4, -0.2) is 40.0 Å². The van der Waals surface area contributed by atoms with Crippen LogP contribution in [0.5, 0.6) is 0 Å². The number of hydrogen-bond donors (Lipinski definition) is 0. The van der Waals surface area contributed by atoms with E-state index in [0.717, 1.165) is 29.1 Å². The number of benzene rings is 3. The Kier molecular flexibility index (Phi) is 7.51. The molecular formula is C28H26N4O4S. The smallest absolute Gasteiger partial charge is 0.372 e. The molecule has 0 atom stereocenters. The number of hydrogen-bond acceptors (Lipinski definition) is 8. The van der Waals surface area contributed by atoms with Crippen LogP contribution in [0.3, 0.4) is 0 Å². The Labute approximate surface area is 219 Å². The van der Waals surface area contributed by atoms with Gasteiger partial charge in [0.15, 0.2) is 10.7 Å². The molecule has 1 saturated heterocycles. The largest absolute Gasteiger partial charge is 0.407 e. The fourth-order valence-corrected chi connectivity index (χ4v) is 5.09. The Balaban J connectivity index is 1.23. The van der Waals surface area contributed by atoms with E-state index in [1.807, 2.05) is 24.3 Å². The molecule has 37 heavy (non-hydrogen) atoms. The lowest BCUT2D eigenvalue weighted by Crippen LogP contribution is -2.29. The molecule has 1 aliphatic heterocycles. The Morgan fingerprint density at radius 1 is 0.784 bits per heavy atom. The summed E-state index contributed by atoms with van der Waals surface area (Å²) < 4.78 is 1.29. The van der Waals surface area contributed by atoms with Crippen LogP contribution in [0, 0.1) is 0 Å². The van der Waals surface area contributed by atoms with Gasteiger partial charge in [0.05, 0.1) is 5.56 Å². The molecule has 5 rings (SSSR count). The second-order valence-electron chi connectivity index (χ2n) is 8.70. The highest BCUT2D eigenvalue weighted by Gasteiger charge is 2.24. The first-order valence-corrected chi connectivity index (χ1v) is 12.9. The minimum atomic E-state index is -0.857. The zero-order chi connectivity index (χ0) is 25.6. The minimum Gasteiger partial charge on any atom is -0.372 e. The number of piperidine rings is 1. The van der Waals surface area contributed by atoms with Crippen molar-refractivity contribution in [3.63, 3.8) is 0 Å². The quantitative estimate of drug-likeness (QED) is 0.244. The van der Waals surface area contributed by atoms with E-state index in [4.69, 9.17) is 9.78 Å².